The number of benzene rings is 6. The van der Waals surface area contributed by atoms with Crippen LogP contribution in [0.5, 0.6) is 0 Å². The van der Waals surface area contributed by atoms with Crippen LogP contribution in [-0.2, 0) is 95.4 Å². The van der Waals surface area contributed by atoms with Gasteiger partial charge in [0.05, 0.1) is 0 Å². The number of hydrogen-bond acceptors (Lipinski definition) is 3. The molecular formula is C111H171O3P. The van der Waals surface area contributed by atoms with Crippen molar-refractivity contribution in [2.75, 3.05) is 0 Å². The minimum atomic E-state index is -2.86. The Bertz CT molecular complexity index is 3430. The summed E-state index contributed by atoms with van der Waals surface area (Å²) in [5.74, 6) is 0. The summed E-state index contributed by atoms with van der Waals surface area (Å²) in [7, 11) is -2.86. The zero-order valence-corrected chi connectivity index (χ0v) is 82.7. The summed E-state index contributed by atoms with van der Waals surface area (Å²) in [5, 5.41) is 0. The predicted molar refractivity (Wildman–Crippen MR) is 509 cm³/mol. The first-order valence-electron chi connectivity index (χ1n) is 45.0. The Labute approximate surface area is 711 Å². The van der Waals surface area contributed by atoms with Gasteiger partial charge in [0, 0.05) is 0 Å². The lowest BCUT2D eigenvalue weighted by Crippen LogP contribution is -2.40. The van der Waals surface area contributed by atoms with Crippen LogP contribution in [-0.4, -0.2) is 0 Å². The zero-order chi connectivity index (χ0) is 87.7. The SMILES string of the molecule is C=C(CCCCCC)C(OP(OC(C(=C)CCCCCC)(c1cc(C(C)(C)C)cc(C(C)(C)C)c1)c1cc(C(C)(C)C)cc(C(C)(C)C)c1)OC(C(=C)CCCCCC)(c1cc(C(C)(C)C)cc(C(C)(C)C)c1)c1cc(C(C)(C)C)cc(C(C)(C)C)c1)(c1cc(C(C)(C)C)cc(C(C)(C)C)c1)c1cc(C(C)(C)C)cc(C(C)(C)C)c1. The summed E-state index contributed by atoms with van der Waals surface area (Å²) in [6, 6.07) is 45.0. The number of rotatable bonds is 30. The molecular weight excluding hydrogens is 1410 g/mol. The fraction of sp³-hybridized carbons (Fsp3) is 0.622. The van der Waals surface area contributed by atoms with Crippen molar-refractivity contribution in [3.63, 3.8) is 0 Å². The first-order chi connectivity index (χ1) is 52.1. The highest BCUT2D eigenvalue weighted by molar-refractivity contribution is 7.41. The van der Waals surface area contributed by atoms with E-state index in [4.69, 9.17) is 19.7 Å². The van der Waals surface area contributed by atoms with Crippen molar-refractivity contribution in [3.8, 4) is 0 Å². The Morgan fingerprint density at radius 1 is 0.191 bits per heavy atom. The standard InChI is InChI=1S/C111H171O3P/c1-43-46-49-52-55-76(4)109(91-64-79(97(7,8)9)58-80(65-91)98(10,11)12,92-66-81(99(13,14)15)59-82(67-92)100(16,17)18)112-115(113-110(77(5)56-53-50-47-44-2,93-68-83(101(19,20)21)60-84(69-93)102(22,23)24)94-70-85(103(25,26)27)61-86(71-94)104(28,29)30)114-111(78(6)57-54-51-48-45-3,95-72-87(105(31,32)33)62-88(73-95)106(34,35)36)96-74-89(107(37,38)39)63-90(75-96)108(40,41)42/h58-75H,4-6,43-57H2,1-3,7-42H3. The molecule has 6 aromatic rings. The van der Waals surface area contributed by atoms with E-state index in [2.05, 4.69) is 379 Å². The third-order valence-corrected chi connectivity index (χ3v) is 25.8. The first-order valence-corrected chi connectivity index (χ1v) is 46.1. The molecule has 0 heterocycles. The summed E-state index contributed by atoms with van der Waals surface area (Å²) in [4.78, 5) is 0. The van der Waals surface area contributed by atoms with E-state index in [1.54, 1.807) is 0 Å². The predicted octanol–water partition coefficient (Wildman–Crippen LogP) is 34.2. The number of unbranched alkanes of at least 4 members (excludes halogenated alkanes) is 9. The van der Waals surface area contributed by atoms with Gasteiger partial charge >= 0.3 is 8.60 Å². The Morgan fingerprint density at radius 3 is 0.409 bits per heavy atom. The fourth-order valence-electron chi connectivity index (χ4n) is 15.6. The van der Waals surface area contributed by atoms with Crippen LogP contribution in [0.25, 0.3) is 0 Å². The van der Waals surface area contributed by atoms with Gasteiger partial charge in [0.2, 0.25) is 0 Å². The van der Waals surface area contributed by atoms with Gasteiger partial charge < -0.3 is 0 Å². The van der Waals surface area contributed by atoms with Crippen molar-refractivity contribution < 1.29 is 13.6 Å². The van der Waals surface area contributed by atoms with Crippen molar-refractivity contribution in [2.24, 2.45) is 0 Å². The van der Waals surface area contributed by atoms with Crippen LogP contribution in [0.4, 0.5) is 0 Å². The molecule has 0 atom stereocenters. The highest BCUT2D eigenvalue weighted by atomic mass is 31.2. The van der Waals surface area contributed by atoms with Crippen LogP contribution in [0.2, 0.25) is 0 Å². The molecule has 638 valence electrons. The maximum absolute atomic E-state index is 9.60. The lowest BCUT2D eigenvalue weighted by molar-refractivity contribution is 0.0122. The molecule has 0 saturated heterocycles. The molecule has 0 bridgehead atoms. The van der Waals surface area contributed by atoms with E-state index in [0.29, 0.717) is 19.3 Å². The molecule has 6 rings (SSSR count). The summed E-state index contributed by atoms with van der Waals surface area (Å²) in [5.41, 5.74) is 15.8. The molecule has 0 amide bonds. The second-order valence-electron chi connectivity index (χ2n) is 47.6. The van der Waals surface area contributed by atoms with Crippen LogP contribution >= 0.6 is 8.60 Å². The Hall–Kier alpha value is -5.15. The van der Waals surface area contributed by atoms with Crippen molar-refractivity contribution in [1.82, 2.24) is 0 Å². The van der Waals surface area contributed by atoms with Gasteiger partial charge in [-0.05, 0) is 220 Å². The summed E-state index contributed by atoms with van der Waals surface area (Å²) in [6.07, 6.45) is 14.5. The second kappa shape index (κ2) is 36.3. The quantitative estimate of drug-likeness (QED) is 0.0256. The molecule has 3 nitrogen and oxygen atoms in total. The molecule has 0 aliphatic rings. The minimum absolute atomic E-state index is 0.293. The maximum atomic E-state index is 9.60. The van der Waals surface area contributed by atoms with Crippen molar-refractivity contribution >= 4 is 8.60 Å². The molecule has 0 unspecified atom stereocenters. The van der Waals surface area contributed by atoms with E-state index in [0.717, 1.165) is 127 Å². The Morgan fingerprint density at radius 2 is 0.304 bits per heavy atom. The lowest BCUT2D eigenvalue weighted by Gasteiger charge is -2.48. The lowest BCUT2D eigenvalue weighted by atomic mass is 9.71. The molecule has 0 saturated carbocycles. The van der Waals surface area contributed by atoms with Gasteiger partial charge in [-0.1, -0.05) is 457 Å². The Kier molecular flexibility index (Phi) is 31.1. The van der Waals surface area contributed by atoms with Gasteiger partial charge in [0.15, 0.2) is 0 Å². The van der Waals surface area contributed by atoms with Crippen LogP contribution in [0.3, 0.4) is 0 Å². The third-order valence-electron chi connectivity index (χ3n) is 24.6. The van der Waals surface area contributed by atoms with Gasteiger partial charge in [-0.15, -0.1) is 0 Å². The van der Waals surface area contributed by atoms with Gasteiger partial charge in [-0.25, -0.2) is 0 Å². The fourth-order valence-corrected chi connectivity index (χ4v) is 17.4. The minimum Gasteiger partial charge on any atom is -0.291 e. The van der Waals surface area contributed by atoms with Crippen molar-refractivity contribution in [3.05, 3.63) is 246 Å². The smallest absolute Gasteiger partial charge is 0.291 e. The van der Waals surface area contributed by atoms with E-state index in [-0.39, 0.29) is 65.0 Å². The maximum Gasteiger partial charge on any atom is 0.337 e. The molecule has 0 N–H and O–H groups in total. The average Bonchev–Trinajstić information content (AvgIpc) is 0.720. The molecule has 0 radical (unpaired) electrons. The first kappa shape index (κ1) is 98.7. The van der Waals surface area contributed by atoms with Crippen LogP contribution in [0.15, 0.2) is 146 Å². The topological polar surface area (TPSA) is 27.7 Å². The second-order valence-corrected chi connectivity index (χ2v) is 48.6. The summed E-state index contributed by atoms with van der Waals surface area (Å²) >= 11 is 0. The molecule has 0 fully saturated rings. The average molecular weight is 1580 g/mol. The highest BCUT2D eigenvalue weighted by Crippen LogP contribution is 2.66. The van der Waals surface area contributed by atoms with Crippen molar-refractivity contribution in [2.45, 2.75) is 448 Å². The van der Waals surface area contributed by atoms with Gasteiger partial charge in [-0.2, -0.15) is 0 Å². The molecule has 0 spiro atoms. The molecule has 6 aromatic carbocycles. The summed E-state index contributed by atoms with van der Waals surface area (Å²) in [6.45, 7) is 110. The Balaban J connectivity index is 2.29. The molecule has 0 aromatic heterocycles. The van der Waals surface area contributed by atoms with E-state index in [1.807, 2.05) is 0 Å². The van der Waals surface area contributed by atoms with E-state index in [9.17, 15) is 13.6 Å². The highest BCUT2D eigenvalue weighted by Gasteiger charge is 2.54. The summed E-state index contributed by atoms with van der Waals surface area (Å²) < 4.78 is 28.8. The van der Waals surface area contributed by atoms with Crippen LogP contribution in [0, 0.1) is 0 Å². The van der Waals surface area contributed by atoms with Crippen LogP contribution in [0.1, 0.15) is 466 Å². The number of hydrogen-bond donors (Lipinski definition) is 0. The van der Waals surface area contributed by atoms with E-state index >= 15 is 0 Å². The van der Waals surface area contributed by atoms with Gasteiger partial charge in [0.1, 0.15) is 16.8 Å². The van der Waals surface area contributed by atoms with Crippen LogP contribution < -0.4 is 0 Å². The van der Waals surface area contributed by atoms with E-state index < -0.39 is 25.4 Å². The molecule has 115 heavy (non-hydrogen) atoms. The third kappa shape index (κ3) is 24.4. The normalized spacial score (nSPS) is 14.0. The van der Waals surface area contributed by atoms with Crippen molar-refractivity contribution in [1.29, 1.82) is 0 Å². The monoisotopic (exact) mass is 1580 g/mol. The van der Waals surface area contributed by atoms with Gasteiger partial charge in [-0.3, -0.25) is 13.6 Å². The molecule has 0 aliphatic carbocycles. The van der Waals surface area contributed by atoms with E-state index in [1.165, 1.54) is 66.8 Å². The molecule has 4 heteroatoms. The molecule has 0 aliphatic heterocycles. The largest absolute Gasteiger partial charge is 0.337 e. The zero-order valence-electron chi connectivity index (χ0n) is 81.8. The van der Waals surface area contributed by atoms with Gasteiger partial charge in [0.25, 0.3) is 0 Å².